The molecule has 0 saturated carbocycles. The highest BCUT2D eigenvalue weighted by Gasteiger charge is 2.15. The third-order valence-electron chi connectivity index (χ3n) is 3.01. The van der Waals surface area contributed by atoms with Crippen molar-refractivity contribution in [1.82, 2.24) is 15.1 Å². The number of carbonyl (C=O) groups excluding carboxylic acids is 2. The molecule has 0 unspecified atom stereocenters. The molecule has 1 aromatic heterocycles. The lowest BCUT2D eigenvalue weighted by atomic mass is 10.1. The van der Waals surface area contributed by atoms with Crippen LogP contribution in [0.15, 0.2) is 12.3 Å². The molecule has 106 valence electrons. The van der Waals surface area contributed by atoms with E-state index in [0.29, 0.717) is 18.3 Å². The van der Waals surface area contributed by atoms with Crippen molar-refractivity contribution >= 4 is 17.6 Å². The van der Waals surface area contributed by atoms with E-state index in [4.69, 9.17) is 0 Å². The van der Waals surface area contributed by atoms with E-state index in [0.717, 1.165) is 0 Å². The molecule has 0 spiro atoms. The number of hydrogen-bond donors (Lipinski definition) is 2. The first-order chi connectivity index (χ1) is 8.91. The molecule has 0 aliphatic carbocycles. The second kappa shape index (κ2) is 6.92. The van der Waals surface area contributed by atoms with Crippen molar-refractivity contribution in [2.24, 2.45) is 5.92 Å². The van der Waals surface area contributed by atoms with Gasteiger partial charge in [0.1, 0.15) is 5.82 Å². The van der Waals surface area contributed by atoms with Crippen LogP contribution in [0, 0.1) is 5.92 Å². The van der Waals surface area contributed by atoms with Crippen molar-refractivity contribution in [3.63, 3.8) is 0 Å². The normalized spacial score (nSPS) is 12.3. The zero-order valence-corrected chi connectivity index (χ0v) is 11.9. The molecule has 0 fully saturated rings. The lowest BCUT2D eigenvalue weighted by molar-refractivity contribution is -0.119. The van der Waals surface area contributed by atoms with Crippen LogP contribution in [0.4, 0.5) is 5.82 Å². The van der Waals surface area contributed by atoms with Gasteiger partial charge in [-0.25, -0.2) is 4.68 Å². The van der Waals surface area contributed by atoms with Gasteiger partial charge in [0.25, 0.3) is 0 Å². The van der Waals surface area contributed by atoms with E-state index in [9.17, 15) is 9.59 Å². The van der Waals surface area contributed by atoms with Gasteiger partial charge in [-0.3, -0.25) is 9.59 Å². The first kappa shape index (κ1) is 15.2. The smallest absolute Gasteiger partial charge is 0.227 e. The van der Waals surface area contributed by atoms with Gasteiger partial charge in [-0.05, 0) is 12.8 Å². The lowest BCUT2D eigenvalue weighted by Gasteiger charge is -2.19. The Hall–Kier alpha value is -1.85. The standard InChI is InChI=1S/C13H22N4O2/c1-9(2)10(3)17-12(5-8-15-17)16-13(19)6-7-14-11(4)18/h5,8-10H,6-7H2,1-4H3,(H,14,18)(H,16,19)/t10-/m1/s1. The molecule has 1 aromatic rings. The van der Waals surface area contributed by atoms with Gasteiger partial charge in [-0.1, -0.05) is 13.8 Å². The number of anilines is 1. The SMILES string of the molecule is CC(=O)NCCC(=O)Nc1ccnn1[C@H](C)C(C)C. The van der Waals surface area contributed by atoms with Gasteiger partial charge in [0.05, 0.1) is 12.2 Å². The third-order valence-corrected chi connectivity index (χ3v) is 3.01. The number of carbonyl (C=O) groups is 2. The maximum atomic E-state index is 11.7. The molecule has 0 bridgehead atoms. The second-order valence-electron chi connectivity index (χ2n) is 4.93. The molecule has 19 heavy (non-hydrogen) atoms. The molecule has 0 aliphatic heterocycles. The molecular weight excluding hydrogens is 244 g/mol. The Morgan fingerprint density at radius 3 is 2.63 bits per heavy atom. The summed E-state index contributed by atoms with van der Waals surface area (Å²) in [6.45, 7) is 8.04. The van der Waals surface area contributed by atoms with Gasteiger partial charge in [0, 0.05) is 26.0 Å². The van der Waals surface area contributed by atoms with Gasteiger partial charge < -0.3 is 10.6 Å². The van der Waals surface area contributed by atoms with Crippen LogP contribution in [0.2, 0.25) is 0 Å². The second-order valence-corrected chi connectivity index (χ2v) is 4.93. The summed E-state index contributed by atoms with van der Waals surface area (Å²) in [5, 5.41) is 9.63. The molecule has 2 N–H and O–H groups in total. The van der Waals surface area contributed by atoms with Gasteiger partial charge in [-0.15, -0.1) is 0 Å². The number of nitrogens with one attached hydrogen (secondary N) is 2. The maximum absolute atomic E-state index is 11.7. The Bertz CT molecular complexity index is 440. The van der Waals surface area contributed by atoms with Gasteiger partial charge in [-0.2, -0.15) is 5.10 Å². The molecule has 1 heterocycles. The van der Waals surface area contributed by atoms with E-state index in [2.05, 4.69) is 36.5 Å². The first-order valence-corrected chi connectivity index (χ1v) is 6.49. The van der Waals surface area contributed by atoms with Crippen molar-refractivity contribution in [3.8, 4) is 0 Å². The highest BCUT2D eigenvalue weighted by molar-refractivity contribution is 5.90. The largest absolute Gasteiger partial charge is 0.356 e. The average molecular weight is 266 g/mol. The Morgan fingerprint density at radius 2 is 2.05 bits per heavy atom. The van der Waals surface area contributed by atoms with Crippen molar-refractivity contribution in [2.45, 2.75) is 40.2 Å². The minimum Gasteiger partial charge on any atom is -0.356 e. The van der Waals surface area contributed by atoms with Crippen molar-refractivity contribution in [2.75, 3.05) is 11.9 Å². The Balaban J connectivity index is 2.55. The van der Waals surface area contributed by atoms with Crippen molar-refractivity contribution in [1.29, 1.82) is 0 Å². The topological polar surface area (TPSA) is 76.0 Å². The molecule has 0 aromatic carbocycles. The van der Waals surface area contributed by atoms with Crippen molar-refractivity contribution < 1.29 is 9.59 Å². The predicted molar refractivity (Wildman–Crippen MR) is 73.7 cm³/mol. The summed E-state index contributed by atoms with van der Waals surface area (Å²) in [6, 6.07) is 1.98. The van der Waals surface area contributed by atoms with Crippen LogP contribution < -0.4 is 10.6 Å². The predicted octanol–water partition coefficient (Wildman–Crippen LogP) is 1.56. The van der Waals surface area contributed by atoms with Gasteiger partial charge in [0.15, 0.2) is 0 Å². The van der Waals surface area contributed by atoms with Crippen molar-refractivity contribution in [3.05, 3.63) is 12.3 Å². The zero-order valence-electron chi connectivity index (χ0n) is 11.9. The third kappa shape index (κ3) is 4.73. The summed E-state index contributed by atoms with van der Waals surface area (Å²) in [7, 11) is 0. The number of rotatable bonds is 6. The van der Waals surface area contributed by atoms with E-state index in [1.165, 1.54) is 6.92 Å². The fraction of sp³-hybridized carbons (Fsp3) is 0.615. The Kier molecular flexibility index (Phi) is 5.54. The zero-order chi connectivity index (χ0) is 14.4. The number of aromatic nitrogens is 2. The molecule has 6 nitrogen and oxygen atoms in total. The van der Waals surface area contributed by atoms with E-state index in [1.807, 2.05) is 0 Å². The average Bonchev–Trinajstić information content (AvgIpc) is 2.75. The quantitative estimate of drug-likeness (QED) is 0.820. The fourth-order valence-corrected chi connectivity index (χ4v) is 1.58. The van der Waals surface area contributed by atoms with E-state index < -0.39 is 0 Å². The number of hydrogen-bond acceptors (Lipinski definition) is 3. The summed E-state index contributed by atoms with van der Waals surface area (Å²) in [5.41, 5.74) is 0. The van der Waals surface area contributed by atoms with Gasteiger partial charge in [0.2, 0.25) is 11.8 Å². The summed E-state index contributed by atoms with van der Waals surface area (Å²) < 4.78 is 1.81. The minimum atomic E-state index is -0.133. The minimum absolute atomic E-state index is 0.133. The molecule has 0 saturated heterocycles. The van der Waals surface area contributed by atoms with E-state index >= 15 is 0 Å². The summed E-state index contributed by atoms with van der Waals surface area (Å²) >= 11 is 0. The summed E-state index contributed by atoms with van der Waals surface area (Å²) in [6.07, 6.45) is 1.92. The molecule has 1 rings (SSSR count). The molecule has 0 radical (unpaired) electrons. The maximum Gasteiger partial charge on any atom is 0.227 e. The molecular formula is C13H22N4O2. The Morgan fingerprint density at radius 1 is 1.37 bits per heavy atom. The van der Waals surface area contributed by atoms with Crippen LogP contribution in [-0.2, 0) is 9.59 Å². The summed E-state index contributed by atoms with van der Waals surface area (Å²) in [5.74, 6) is 0.849. The van der Waals surface area contributed by atoms with Gasteiger partial charge >= 0.3 is 0 Å². The molecule has 6 heteroatoms. The molecule has 2 amide bonds. The fourth-order valence-electron chi connectivity index (χ4n) is 1.58. The lowest BCUT2D eigenvalue weighted by Crippen LogP contribution is -2.26. The number of nitrogens with zero attached hydrogens (tertiary/aromatic N) is 2. The van der Waals surface area contributed by atoms with E-state index in [-0.39, 0.29) is 24.3 Å². The number of amides is 2. The molecule has 1 atom stereocenters. The monoisotopic (exact) mass is 266 g/mol. The van der Waals surface area contributed by atoms with Crippen LogP contribution >= 0.6 is 0 Å². The Labute approximate surface area is 113 Å². The van der Waals surface area contributed by atoms with Crippen LogP contribution in [-0.4, -0.2) is 28.1 Å². The highest BCUT2D eigenvalue weighted by Crippen LogP contribution is 2.20. The first-order valence-electron chi connectivity index (χ1n) is 6.49. The van der Waals surface area contributed by atoms with Crippen LogP contribution in [0.1, 0.15) is 40.2 Å². The van der Waals surface area contributed by atoms with Crippen LogP contribution in [0.5, 0.6) is 0 Å². The van der Waals surface area contributed by atoms with Crippen LogP contribution in [0.25, 0.3) is 0 Å². The molecule has 0 aliphatic rings. The van der Waals surface area contributed by atoms with Crippen LogP contribution in [0.3, 0.4) is 0 Å². The van der Waals surface area contributed by atoms with E-state index in [1.54, 1.807) is 16.9 Å². The highest BCUT2D eigenvalue weighted by atomic mass is 16.2. The summed E-state index contributed by atoms with van der Waals surface area (Å²) in [4.78, 5) is 22.4.